The summed E-state index contributed by atoms with van der Waals surface area (Å²) >= 11 is 0. The summed E-state index contributed by atoms with van der Waals surface area (Å²) in [6.07, 6.45) is -2.03. The number of nitrogens with two attached hydrogens (primary N) is 1. The van der Waals surface area contributed by atoms with E-state index < -0.39 is 31.6 Å². The van der Waals surface area contributed by atoms with Crippen LogP contribution >= 0.6 is 7.68 Å². The fraction of sp³-hybridized carbons (Fsp3) is 0.750. The zero-order valence-corrected chi connectivity index (χ0v) is 6.77. The maximum absolute atomic E-state index is 10.3. The summed E-state index contributed by atoms with van der Waals surface area (Å²) in [7, 11) is -3.56. The molecule has 0 aromatic carbocycles. The minimum atomic E-state index is -3.56. The molecule has 0 aliphatic rings. The van der Waals surface area contributed by atoms with Gasteiger partial charge in [0.15, 0.2) is 0 Å². The zero-order valence-electron chi connectivity index (χ0n) is 5.88. The van der Waals surface area contributed by atoms with Gasteiger partial charge < -0.3 is 21.1 Å². The maximum atomic E-state index is 10.3. The van der Waals surface area contributed by atoms with Crippen LogP contribution in [0.1, 0.15) is 0 Å². The van der Waals surface area contributed by atoms with Crippen LogP contribution in [0.25, 0.3) is 0 Å². The van der Waals surface area contributed by atoms with Crippen molar-refractivity contribution in [3.8, 4) is 0 Å². The van der Waals surface area contributed by atoms with Crippen molar-refractivity contribution in [3.63, 3.8) is 0 Å². The molecular weight excluding hydrogens is 189 g/mol. The normalized spacial score (nSPS) is 17.9. The number of carboxylic acid groups (broad SMARTS) is 1. The van der Waals surface area contributed by atoms with Gasteiger partial charge in [0, 0.05) is 0 Å². The monoisotopic (exact) mass is 197 g/mol. The van der Waals surface area contributed by atoms with Gasteiger partial charge in [-0.3, -0.25) is 0 Å². The second-order valence-corrected chi connectivity index (χ2v) is 3.34. The van der Waals surface area contributed by atoms with Crippen molar-refractivity contribution in [2.24, 2.45) is 5.73 Å². The molecule has 0 aliphatic carbocycles. The number of hydrogen-bond acceptors (Lipinski definition) is 6. The average molecular weight is 197 g/mol. The number of rotatable bonds is 4. The second-order valence-electron chi connectivity index (χ2n) is 2.09. The van der Waals surface area contributed by atoms with Crippen LogP contribution in [0.4, 0.5) is 0 Å². The van der Waals surface area contributed by atoms with E-state index in [9.17, 15) is 13.9 Å². The second kappa shape index (κ2) is 3.77. The quantitative estimate of drug-likeness (QED) is 0.392. The Hall–Kier alpha value is -0.750. The standard InChI is InChI=1S/C4H8NO6P/c5-4(3(8)9,12(10)11)2(7)1-6/h2,6-7H,1,5H2,(H,8,9)/t2-,4?/m1/s1. The molecule has 0 aromatic rings. The van der Waals surface area contributed by atoms with Crippen LogP contribution in [0.15, 0.2) is 0 Å². The first kappa shape index (κ1) is 11.2. The van der Waals surface area contributed by atoms with Crippen LogP contribution in [0.3, 0.4) is 0 Å². The van der Waals surface area contributed by atoms with Crippen LogP contribution in [0.2, 0.25) is 0 Å². The van der Waals surface area contributed by atoms with E-state index in [-0.39, 0.29) is 0 Å². The SMILES string of the molecule is NC(C(=O)O)([C@H](O)CO)P(=O)=O. The summed E-state index contributed by atoms with van der Waals surface area (Å²) in [5.41, 5.74) is 4.83. The highest BCUT2D eigenvalue weighted by atomic mass is 31.1. The van der Waals surface area contributed by atoms with Gasteiger partial charge in [0.2, 0.25) is 0 Å². The van der Waals surface area contributed by atoms with E-state index in [4.69, 9.17) is 21.1 Å². The number of aliphatic hydroxyl groups excluding tert-OH is 2. The first-order valence-electron chi connectivity index (χ1n) is 2.83. The lowest BCUT2D eigenvalue weighted by atomic mass is 10.2. The molecule has 0 amide bonds. The third-order valence-corrected chi connectivity index (χ3v) is 2.42. The van der Waals surface area contributed by atoms with Gasteiger partial charge in [-0.05, 0) is 0 Å². The predicted molar refractivity (Wildman–Crippen MR) is 35.9 cm³/mol. The highest BCUT2D eigenvalue weighted by molar-refractivity contribution is 7.34. The van der Waals surface area contributed by atoms with Crippen molar-refractivity contribution in [3.05, 3.63) is 0 Å². The van der Waals surface area contributed by atoms with Crippen molar-refractivity contribution in [1.29, 1.82) is 0 Å². The van der Waals surface area contributed by atoms with E-state index in [1.54, 1.807) is 0 Å². The molecule has 0 spiro atoms. The summed E-state index contributed by atoms with van der Waals surface area (Å²) in [4.78, 5) is 10.3. The fourth-order valence-electron chi connectivity index (χ4n) is 0.481. The van der Waals surface area contributed by atoms with Gasteiger partial charge in [-0.1, -0.05) is 0 Å². The third kappa shape index (κ3) is 1.70. The fourth-order valence-corrected chi connectivity index (χ4v) is 0.963. The molecule has 8 heteroatoms. The Morgan fingerprint density at radius 2 is 2.00 bits per heavy atom. The molecule has 0 rings (SSSR count). The largest absolute Gasteiger partial charge is 0.479 e. The molecule has 70 valence electrons. The average Bonchev–Trinajstić information content (AvgIpc) is 2.00. The van der Waals surface area contributed by atoms with Gasteiger partial charge in [-0.25, -0.2) is 13.9 Å². The number of carbonyl (C=O) groups is 1. The molecule has 0 aromatic heterocycles. The Bertz CT molecular complexity index is 242. The summed E-state index contributed by atoms with van der Waals surface area (Å²) in [5, 5.41) is 22.6. The molecule has 0 radical (unpaired) electrons. The third-order valence-electron chi connectivity index (χ3n) is 1.33. The molecule has 0 bridgehead atoms. The number of aliphatic carboxylic acids is 1. The molecule has 1 unspecified atom stereocenters. The Kier molecular flexibility index (Phi) is 3.54. The van der Waals surface area contributed by atoms with Crippen LogP contribution in [-0.4, -0.2) is 39.3 Å². The number of carboxylic acids is 1. The first-order valence-corrected chi connectivity index (χ1v) is 4.00. The Balaban J connectivity index is 5.00. The number of hydrogen-bond donors (Lipinski definition) is 4. The van der Waals surface area contributed by atoms with Crippen LogP contribution < -0.4 is 5.73 Å². The van der Waals surface area contributed by atoms with Gasteiger partial charge in [0.1, 0.15) is 6.10 Å². The minimum Gasteiger partial charge on any atom is -0.479 e. The smallest absolute Gasteiger partial charge is 0.350 e. The van der Waals surface area contributed by atoms with Crippen LogP contribution in [0.5, 0.6) is 0 Å². The Labute approximate surface area is 67.6 Å². The summed E-state index contributed by atoms with van der Waals surface area (Å²) < 4.78 is 20.6. The van der Waals surface area contributed by atoms with Crippen molar-refractivity contribution >= 4 is 13.6 Å². The minimum absolute atomic E-state index is 1.04. The van der Waals surface area contributed by atoms with E-state index in [0.717, 1.165) is 0 Å². The zero-order chi connectivity index (χ0) is 9.94. The predicted octanol–water partition coefficient (Wildman–Crippen LogP) is -1.75. The molecule has 0 saturated heterocycles. The van der Waals surface area contributed by atoms with Crippen molar-refractivity contribution < 1.29 is 29.2 Å². The van der Waals surface area contributed by atoms with Crippen molar-refractivity contribution in [2.75, 3.05) is 6.61 Å². The molecule has 12 heavy (non-hydrogen) atoms. The Morgan fingerprint density at radius 3 is 2.08 bits per heavy atom. The maximum Gasteiger partial charge on any atom is 0.350 e. The molecule has 7 nitrogen and oxygen atoms in total. The highest BCUT2D eigenvalue weighted by Gasteiger charge is 2.47. The lowest BCUT2D eigenvalue weighted by molar-refractivity contribution is -0.144. The van der Waals surface area contributed by atoms with Crippen LogP contribution in [0, 0.1) is 0 Å². The van der Waals surface area contributed by atoms with E-state index in [1.807, 2.05) is 0 Å². The lowest BCUT2D eigenvalue weighted by Crippen LogP contribution is -2.54. The summed E-state index contributed by atoms with van der Waals surface area (Å²) in [6.45, 7) is -1.04. The van der Waals surface area contributed by atoms with Gasteiger partial charge in [0.05, 0.1) is 6.61 Å². The van der Waals surface area contributed by atoms with E-state index >= 15 is 0 Å². The molecule has 2 atom stereocenters. The molecule has 5 N–H and O–H groups in total. The summed E-state index contributed by atoms with van der Waals surface area (Å²) in [6, 6.07) is 0. The van der Waals surface area contributed by atoms with Gasteiger partial charge in [-0.15, -0.1) is 0 Å². The van der Waals surface area contributed by atoms with E-state index in [0.29, 0.717) is 0 Å². The highest BCUT2D eigenvalue weighted by Crippen LogP contribution is 2.27. The van der Waals surface area contributed by atoms with Crippen LogP contribution in [-0.2, 0) is 13.9 Å². The molecule has 0 aliphatic heterocycles. The van der Waals surface area contributed by atoms with Gasteiger partial charge in [0.25, 0.3) is 5.28 Å². The number of aliphatic hydroxyl groups is 2. The van der Waals surface area contributed by atoms with Crippen molar-refractivity contribution in [2.45, 2.75) is 11.4 Å². The van der Waals surface area contributed by atoms with Gasteiger partial charge >= 0.3 is 13.6 Å². The first-order chi connectivity index (χ1) is 5.37. The summed E-state index contributed by atoms with van der Waals surface area (Å²) in [5.74, 6) is -1.90. The lowest BCUT2D eigenvalue weighted by Gasteiger charge is -2.20. The van der Waals surface area contributed by atoms with Crippen molar-refractivity contribution in [1.82, 2.24) is 0 Å². The molecular formula is C4H8NO6P. The Morgan fingerprint density at radius 1 is 1.58 bits per heavy atom. The van der Waals surface area contributed by atoms with E-state index in [2.05, 4.69) is 0 Å². The van der Waals surface area contributed by atoms with Gasteiger partial charge in [-0.2, -0.15) is 0 Å². The van der Waals surface area contributed by atoms with E-state index in [1.165, 1.54) is 0 Å². The molecule has 0 fully saturated rings. The molecule has 0 saturated carbocycles. The molecule has 0 heterocycles. The topological polar surface area (TPSA) is 138 Å².